The summed E-state index contributed by atoms with van der Waals surface area (Å²) in [5.41, 5.74) is 3.11. The van der Waals surface area contributed by atoms with Crippen molar-refractivity contribution in [1.82, 2.24) is 9.78 Å². The van der Waals surface area contributed by atoms with Crippen LogP contribution in [0.3, 0.4) is 0 Å². The number of methoxy groups -OCH3 is 2. The van der Waals surface area contributed by atoms with Crippen molar-refractivity contribution in [3.8, 4) is 11.5 Å². The van der Waals surface area contributed by atoms with Gasteiger partial charge in [-0.2, -0.15) is 5.10 Å². The molecule has 0 aliphatic rings. The molecule has 0 unspecified atom stereocenters. The average Bonchev–Trinajstić information content (AvgIpc) is 2.80. The van der Waals surface area contributed by atoms with Gasteiger partial charge in [-0.15, -0.1) is 0 Å². The molecule has 0 atom stereocenters. The molecule has 6 nitrogen and oxygen atoms in total. The van der Waals surface area contributed by atoms with Crippen molar-refractivity contribution < 1.29 is 19.0 Å². The highest BCUT2D eigenvalue weighted by atomic mass is 19.1. The van der Waals surface area contributed by atoms with Crippen LogP contribution in [-0.4, -0.2) is 35.7 Å². The van der Waals surface area contributed by atoms with E-state index in [0.29, 0.717) is 30.3 Å². The molecule has 1 heterocycles. The van der Waals surface area contributed by atoms with Gasteiger partial charge in [0.1, 0.15) is 5.82 Å². The number of nitrogens with one attached hydrogen (secondary N) is 1. The highest BCUT2D eigenvalue weighted by Crippen LogP contribution is 2.32. The van der Waals surface area contributed by atoms with Crippen LogP contribution in [0.1, 0.15) is 17.0 Å². The summed E-state index contributed by atoms with van der Waals surface area (Å²) in [6.45, 7) is 4.71. The van der Waals surface area contributed by atoms with E-state index in [1.807, 2.05) is 13.8 Å². The Balaban J connectivity index is 2.21. The van der Waals surface area contributed by atoms with Crippen molar-refractivity contribution in [3.05, 3.63) is 34.9 Å². The molecule has 0 aliphatic carbocycles. The number of aromatic nitrogens is 2. The number of hydrogen-bond acceptors (Lipinski definition) is 5. The van der Waals surface area contributed by atoms with Gasteiger partial charge >= 0.3 is 0 Å². The second-order valence-corrected chi connectivity index (χ2v) is 5.14. The lowest BCUT2D eigenvalue weighted by molar-refractivity contribution is 0.268. The highest BCUT2D eigenvalue weighted by Gasteiger charge is 2.14. The van der Waals surface area contributed by atoms with E-state index in [-0.39, 0.29) is 6.61 Å². The normalized spacial score (nSPS) is 10.7. The molecule has 2 aromatic rings. The lowest BCUT2D eigenvalue weighted by Gasteiger charge is -2.13. The number of halogens is 1. The Morgan fingerprint density at radius 1 is 1.22 bits per heavy atom. The predicted molar refractivity (Wildman–Crippen MR) is 85.6 cm³/mol. The fourth-order valence-electron chi connectivity index (χ4n) is 2.48. The molecule has 2 N–H and O–H groups in total. The zero-order valence-electron chi connectivity index (χ0n) is 13.8. The van der Waals surface area contributed by atoms with Crippen LogP contribution in [0.4, 0.5) is 10.1 Å². The van der Waals surface area contributed by atoms with Crippen molar-refractivity contribution >= 4 is 5.69 Å². The van der Waals surface area contributed by atoms with Crippen LogP contribution in [0, 0.1) is 19.7 Å². The van der Waals surface area contributed by atoms with Crippen LogP contribution in [-0.2, 0) is 13.1 Å². The number of nitrogens with zero attached hydrogens (tertiary/aromatic N) is 2. The Morgan fingerprint density at radius 2 is 1.87 bits per heavy atom. The second-order valence-electron chi connectivity index (χ2n) is 5.14. The lowest BCUT2D eigenvalue weighted by Crippen LogP contribution is -2.07. The van der Waals surface area contributed by atoms with Crippen molar-refractivity contribution in [3.63, 3.8) is 0 Å². The number of rotatable bonds is 7. The van der Waals surface area contributed by atoms with Gasteiger partial charge in [-0.1, -0.05) is 0 Å². The van der Waals surface area contributed by atoms with Crippen molar-refractivity contribution in [2.75, 3.05) is 26.1 Å². The molecule has 0 aliphatic heterocycles. The van der Waals surface area contributed by atoms with E-state index in [1.165, 1.54) is 20.3 Å². The largest absolute Gasteiger partial charge is 0.493 e. The number of anilines is 1. The van der Waals surface area contributed by atoms with E-state index < -0.39 is 5.82 Å². The van der Waals surface area contributed by atoms with Gasteiger partial charge in [0.2, 0.25) is 0 Å². The summed E-state index contributed by atoms with van der Waals surface area (Å²) in [6, 6.07) is 2.85. The summed E-state index contributed by atoms with van der Waals surface area (Å²) in [7, 11) is 2.97. The predicted octanol–water partition coefficient (Wildman–Crippen LogP) is 2.26. The zero-order chi connectivity index (χ0) is 17.0. The molecule has 7 heteroatoms. The molecule has 0 radical (unpaired) electrons. The molecule has 0 fully saturated rings. The summed E-state index contributed by atoms with van der Waals surface area (Å²) in [4.78, 5) is 0. The first kappa shape index (κ1) is 17.1. The number of hydrogen-bond donors (Lipinski definition) is 2. The molecule has 1 aromatic heterocycles. The number of ether oxygens (including phenoxy) is 2. The van der Waals surface area contributed by atoms with E-state index in [2.05, 4.69) is 10.4 Å². The fourth-order valence-corrected chi connectivity index (χ4v) is 2.48. The van der Waals surface area contributed by atoms with Gasteiger partial charge < -0.3 is 19.9 Å². The number of aryl methyl sites for hydroxylation is 1. The van der Waals surface area contributed by atoms with Gasteiger partial charge in [-0.3, -0.25) is 4.68 Å². The molecule has 0 spiro atoms. The first-order valence-electron chi connectivity index (χ1n) is 7.31. The van der Waals surface area contributed by atoms with Gasteiger partial charge in [0.05, 0.1) is 38.8 Å². The maximum Gasteiger partial charge on any atom is 0.163 e. The van der Waals surface area contributed by atoms with E-state index in [0.717, 1.165) is 17.0 Å². The van der Waals surface area contributed by atoms with Gasteiger partial charge in [-0.25, -0.2) is 4.39 Å². The minimum absolute atomic E-state index is 0.0269. The Morgan fingerprint density at radius 3 is 2.48 bits per heavy atom. The number of aliphatic hydroxyl groups excluding tert-OH is 1. The van der Waals surface area contributed by atoms with Gasteiger partial charge in [-0.05, 0) is 13.8 Å². The monoisotopic (exact) mass is 323 g/mol. The number of aliphatic hydroxyl groups is 1. The topological polar surface area (TPSA) is 68.5 Å². The molecule has 2 rings (SSSR count). The molecule has 1 aromatic carbocycles. The van der Waals surface area contributed by atoms with Crippen molar-refractivity contribution in [2.45, 2.75) is 26.9 Å². The quantitative estimate of drug-likeness (QED) is 0.818. The molecule has 0 amide bonds. The minimum Gasteiger partial charge on any atom is -0.493 e. The van der Waals surface area contributed by atoms with Gasteiger partial charge in [0.25, 0.3) is 0 Å². The molecular weight excluding hydrogens is 301 g/mol. The van der Waals surface area contributed by atoms with Crippen LogP contribution < -0.4 is 14.8 Å². The van der Waals surface area contributed by atoms with Crippen LogP contribution in [0.5, 0.6) is 11.5 Å². The Bertz CT molecular complexity index is 686. The second kappa shape index (κ2) is 7.32. The van der Waals surface area contributed by atoms with E-state index >= 15 is 0 Å². The van der Waals surface area contributed by atoms with E-state index in [9.17, 15) is 4.39 Å². The molecular formula is C16H22FN3O3. The maximum absolute atomic E-state index is 14.1. The molecule has 126 valence electrons. The lowest BCUT2D eigenvalue weighted by atomic mass is 10.2. The minimum atomic E-state index is -0.416. The molecule has 0 bridgehead atoms. The van der Waals surface area contributed by atoms with Crippen LogP contribution >= 0.6 is 0 Å². The van der Waals surface area contributed by atoms with Crippen LogP contribution in [0.15, 0.2) is 12.1 Å². The summed E-state index contributed by atoms with van der Waals surface area (Å²) in [6.07, 6.45) is 0. The van der Waals surface area contributed by atoms with Gasteiger partial charge in [0.15, 0.2) is 11.5 Å². The summed E-state index contributed by atoms with van der Waals surface area (Å²) >= 11 is 0. The molecule has 0 saturated carbocycles. The smallest absolute Gasteiger partial charge is 0.163 e. The van der Waals surface area contributed by atoms with E-state index in [4.69, 9.17) is 14.6 Å². The van der Waals surface area contributed by atoms with Crippen molar-refractivity contribution in [2.24, 2.45) is 0 Å². The first-order chi connectivity index (χ1) is 11.0. The Kier molecular flexibility index (Phi) is 5.44. The Labute approximate surface area is 134 Å². The maximum atomic E-state index is 14.1. The van der Waals surface area contributed by atoms with Gasteiger partial charge in [0, 0.05) is 29.9 Å². The van der Waals surface area contributed by atoms with E-state index in [1.54, 1.807) is 10.7 Å². The molecule has 23 heavy (non-hydrogen) atoms. The SMILES string of the molecule is COc1cc(F)c(NCc2c(C)nn(CCO)c2C)cc1OC. The third kappa shape index (κ3) is 3.56. The van der Waals surface area contributed by atoms with Crippen LogP contribution in [0.25, 0.3) is 0 Å². The zero-order valence-corrected chi connectivity index (χ0v) is 13.8. The average molecular weight is 323 g/mol. The summed E-state index contributed by atoms with van der Waals surface area (Å²) in [5, 5.41) is 16.5. The van der Waals surface area contributed by atoms with Crippen molar-refractivity contribution in [1.29, 1.82) is 0 Å². The Hall–Kier alpha value is -2.28. The van der Waals surface area contributed by atoms with Crippen LogP contribution in [0.2, 0.25) is 0 Å². The third-order valence-electron chi connectivity index (χ3n) is 3.77. The summed E-state index contributed by atoms with van der Waals surface area (Å²) in [5.74, 6) is 0.389. The standard InChI is InChI=1S/C16H22FN3O3/c1-10-12(11(2)20(19-10)5-6-21)9-18-14-8-16(23-4)15(22-3)7-13(14)17/h7-8,18,21H,5-6,9H2,1-4H3. The summed E-state index contributed by atoms with van der Waals surface area (Å²) < 4.78 is 26.1. The first-order valence-corrected chi connectivity index (χ1v) is 7.31. The number of benzene rings is 1. The fraction of sp³-hybridized carbons (Fsp3) is 0.438. The highest BCUT2D eigenvalue weighted by molar-refractivity contribution is 5.56. The third-order valence-corrected chi connectivity index (χ3v) is 3.77. The molecule has 0 saturated heterocycles.